The molecule has 3 N–H and O–H groups in total. The summed E-state index contributed by atoms with van der Waals surface area (Å²) in [6.07, 6.45) is 0. The molecule has 0 aliphatic rings. The summed E-state index contributed by atoms with van der Waals surface area (Å²) in [6, 6.07) is 13.7. The second-order valence-electron chi connectivity index (χ2n) is 4.88. The van der Waals surface area contributed by atoms with E-state index in [1.807, 2.05) is 6.07 Å². The molecule has 0 radical (unpaired) electrons. The van der Waals surface area contributed by atoms with Crippen molar-refractivity contribution < 1.29 is 13.9 Å². The number of phenolic OH excluding ortho intramolecular Hbond substituents is 1. The number of hydrogen-bond donors (Lipinski definition) is 3. The van der Waals surface area contributed by atoms with E-state index in [0.29, 0.717) is 11.1 Å². The molecule has 0 aliphatic heterocycles. The smallest absolute Gasteiger partial charge is 0.175 e. The highest BCUT2D eigenvalue weighted by atomic mass is 32.1. The van der Waals surface area contributed by atoms with Gasteiger partial charge < -0.3 is 15.7 Å². The van der Waals surface area contributed by atoms with Crippen LogP contribution in [0.1, 0.15) is 0 Å². The van der Waals surface area contributed by atoms with Gasteiger partial charge in [-0.25, -0.2) is 8.78 Å². The van der Waals surface area contributed by atoms with E-state index in [1.54, 1.807) is 30.3 Å². The molecule has 3 aromatic rings. The highest BCUT2D eigenvalue weighted by molar-refractivity contribution is 7.80. The Hall–Kier alpha value is -2.73. The van der Waals surface area contributed by atoms with Gasteiger partial charge in [0.05, 0.1) is 5.69 Å². The molecule has 3 rings (SSSR count). The molecule has 6 heteroatoms. The van der Waals surface area contributed by atoms with Crippen molar-refractivity contribution in [3.63, 3.8) is 0 Å². The normalized spacial score (nSPS) is 10.5. The maximum absolute atomic E-state index is 13.6. The van der Waals surface area contributed by atoms with Gasteiger partial charge in [-0.05, 0) is 36.5 Å². The van der Waals surface area contributed by atoms with Crippen LogP contribution in [0.2, 0.25) is 0 Å². The van der Waals surface area contributed by atoms with Crippen molar-refractivity contribution in [3.05, 3.63) is 66.2 Å². The van der Waals surface area contributed by atoms with Crippen LogP contribution in [0.4, 0.5) is 20.2 Å². The SMILES string of the molecule is Oc1cccc2c(NC(=S)Nc3ccc(F)cc3F)cccc12. The van der Waals surface area contributed by atoms with E-state index in [2.05, 4.69) is 10.6 Å². The molecular formula is C17H12F2N2OS. The van der Waals surface area contributed by atoms with Crippen LogP contribution >= 0.6 is 12.2 Å². The molecule has 3 nitrogen and oxygen atoms in total. The second kappa shape index (κ2) is 6.18. The first-order chi connectivity index (χ1) is 11.0. The zero-order valence-corrected chi connectivity index (χ0v) is 12.6. The fourth-order valence-electron chi connectivity index (χ4n) is 2.27. The number of phenols is 1. The summed E-state index contributed by atoms with van der Waals surface area (Å²) >= 11 is 5.16. The van der Waals surface area contributed by atoms with Gasteiger partial charge in [-0.15, -0.1) is 0 Å². The van der Waals surface area contributed by atoms with Gasteiger partial charge in [0.1, 0.15) is 17.4 Å². The Kier molecular flexibility index (Phi) is 4.08. The number of aromatic hydroxyl groups is 1. The summed E-state index contributed by atoms with van der Waals surface area (Å²) in [4.78, 5) is 0. The summed E-state index contributed by atoms with van der Waals surface area (Å²) in [7, 11) is 0. The van der Waals surface area contributed by atoms with Crippen molar-refractivity contribution in [2.75, 3.05) is 10.6 Å². The van der Waals surface area contributed by atoms with Gasteiger partial charge >= 0.3 is 0 Å². The van der Waals surface area contributed by atoms with Crippen LogP contribution < -0.4 is 10.6 Å². The Bertz CT molecular complexity index is 899. The lowest BCUT2D eigenvalue weighted by atomic mass is 10.1. The van der Waals surface area contributed by atoms with Crippen LogP contribution in [-0.2, 0) is 0 Å². The molecule has 0 aromatic heterocycles. The summed E-state index contributed by atoms with van der Waals surface area (Å²) in [5, 5.41) is 17.1. The van der Waals surface area contributed by atoms with Gasteiger partial charge in [0.2, 0.25) is 0 Å². The van der Waals surface area contributed by atoms with E-state index >= 15 is 0 Å². The van der Waals surface area contributed by atoms with E-state index in [-0.39, 0.29) is 16.5 Å². The minimum absolute atomic E-state index is 0.0759. The number of hydrogen-bond acceptors (Lipinski definition) is 2. The van der Waals surface area contributed by atoms with Crippen LogP contribution in [0.3, 0.4) is 0 Å². The fourth-order valence-corrected chi connectivity index (χ4v) is 2.49. The number of anilines is 2. The number of benzene rings is 3. The predicted molar refractivity (Wildman–Crippen MR) is 91.8 cm³/mol. The summed E-state index contributed by atoms with van der Waals surface area (Å²) in [5.74, 6) is -1.23. The van der Waals surface area contributed by atoms with Crippen LogP contribution in [0, 0.1) is 11.6 Å². The van der Waals surface area contributed by atoms with E-state index < -0.39 is 11.6 Å². The third kappa shape index (κ3) is 3.22. The van der Waals surface area contributed by atoms with Crippen LogP contribution in [0.5, 0.6) is 5.75 Å². The van der Waals surface area contributed by atoms with Crippen molar-refractivity contribution in [2.24, 2.45) is 0 Å². The Morgan fingerprint density at radius 2 is 1.57 bits per heavy atom. The second-order valence-corrected chi connectivity index (χ2v) is 5.29. The van der Waals surface area contributed by atoms with Crippen LogP contribution in [-0.4, -0.2) is 10.2 Å². The van der Waals surface area contributed by atoms with Crippen molar-refractivity contribution in [1.82, 2.24) is 0 Å². The van der Waals surface area contributed by atoms with Crippen LogP contribution in [0.15, 0.2) is 54.6 Å². The van der Waals surface area contributed by atoms with Gasteiger partial charge in [0, 0.05) is 22.5 Å². The van der Waals surface area contributed by atoms with Gasteiger partial charge in [-0.3, -0.25) is 0 Å². The molecule has 0 fully saturated rings. The van der Waals surface area contributed by atoms with Gasteiger partial charge in [-0.2, -0.15) is 0 Å². The number of rotatable bonds is 2. The number of fused-ring (bicyclic) bond motifs is 1. The minimum atomic E-state index is -0.732. The Balaban J connectivity index is 1.85. The lowest BCUT2D eigenvalue weighted by Crippen LogP contribution is -2.20. The molecule has 0 spiro atoms. The highest BCUT2D eigenvalue weighted by Gasteiger charge is 2.08. The predicted octanol–water partition coefficient (Wildman–Crippen LogP) is 4.63. The maximum atomic E-state index is 13.6. The van der Waals surface area contributed by atoms with E-state index in [1.165, 1.54) is 6.07 Å². The highest BCUT2D eigenvalue weighted by Crippen LogP contribution is 2.29. The maximum Gasteiger partial charge on any atom is 0.175 e. The molecular weight excluding hydrogens is 318 g/mol. The molecule has 0 bridgehead atoms. The summed E-state index contributed by atoms with van der Waals surface area (Å²) in [5.41, 5.74) is 0.741. The molecule has 0 amide bonds. The molecule has 0 heterocycles. The van der Waals surface area contributed by atoms with E-state index in [4.69, 9.17) is 12.2 Å². The number of thiocarbonyl (C=S) groups is 1. The zero-order valence-electron chi connectivity index (χ0n) is 11.8. The Morgan fingerprint density at radius 1 is 0.870 bits per heavy atom. The topological polar surface area (TPSA) is 44.3 Å². The zero-order chi connectivity index (χ0) is 16.4. The molecule has 0 saturated heterocycles. The average molecular weight is 330 g/mol. The number of nitrogens with one attached hydrogen (secondary N) is 2. The first-order valence-corrected chi connectivity index (χ1v) is 7.19. The van der Waals surface area contributed by atoms with Gasteiger partial charge in [0.15, 0.2) is 5.11 Å². The lowest BCUT2D eigenvalue weighted by molar-refractivity contribution is 0.481. The monoisotopic (exact) mass is 330 g/mol. The molecule has 3 aromatic carbocycles. The molecule has 0 aliphatic carbocycles. The third-order valence-electron chi connectivity index (χ3n) is 3.33. The lowest BCUT2D eigenvalue weighted by Gasteiger charge is -2.13. The minimum Gasteiger partial charge on any atom is -0.507 e. The third-order valence-corrected chi connectivity index (χ3v) is 3.53. The standard InChI is InChI=1S/C17H12F2N2OS/c18-10-7-8-15(13(19)9-10)21-17(23)20-14-5-1-4-12-11(14)3-2-6-16(12)22/h1-9,22H,(H2,20,21,23). The summed E-state index contributed by atoms with van der Waals surface area (Å²) < 4.78 is 26.5. The van der Waals surface area contributed by atoms with Crippen molar-refractivity contribution in [3.8, 4) is 5.75 Å². The molecule has 23 heavy (non-hydrogen) atoms. The van der Waals surface area contributed by atoms with Crippen molar-refractivity contribution >= 4 is 39.5 Å². The quantitative estimate of drug-likeness (QED) is 0.599. The number of halogens is 2. The molecule has 116 valence electrons. The fraction of sp³-hybridized carbons (Fsp3) is 0. The molecule has 0 atom stereocenters. The van der Waals surface area contributed by atoms with Crippen LogP contribution in [0.25, 0.3) is 10.8 Å². The average Bonchev–Trinajstić information content (AvgIpc) is 2.51. The Morgan fingerprint density at radius 3 is 2.35 bits per heavy atom. The van der Waals surface area contributed by atoms with Gasteiger partial charge in [0.25, 0.3) is 0 Å². The summed E-state index contributed by atoms with van der Waals surface area (Å²) in [6.45, 7) is 0. The molecule has 0 unspecified atom stereocenters. The first-order valence-electron chi connectivity index (χ1n) is 6.78. The van der Waals surface area contributed by atoms with E-state index in [9.17, 15) is 13.9 Å². The largest absolute Gasteiger partial charge is 0.507 e. The Labute approximate surface area is 136 Å². The first kappa shape index (κ1) is 15.2. The van der Waals surface area contributed by atoms with Crippen molar-refractivity contribution in [2.45, 2.75) is 0 Å². The molecule has 0 saturated carbocycles. The van der Waals surface area contributed by atoms with Gasteiger partial charge in [-0.1, -0.05) is 24.3 Å². The van der Waals surface area contributed by atoms with E-state index in [0.717, 1.165) is 17.5 Å². The van der Waals surface area contributed by atoms with Crippen molar-refractivity contribution in [1.29, 1.82) is 0 Å².